The summed E-state index contributed by atoms with van der Waals surface area (Å²) in [5.74, 6) is 0. The van der Waals surface area contributed by atoms with Crippen LogP contribution in [0.1, 0.15) is 5.56 Å². The van der Waals surface area contributed by atoms with Crippen molar-refractivity contribution in [3.8, 4) is 11.1 Å². The zero-order valence-corrected chi connectivity index (χ0v) is 12.1. The summed E-state index contributed by atoms with van der Waals surface area (Å²) in [5.41, 5.74) is 2.57. The van der Waals surface area contributed by atoms with Gasteiger partial charge in [0.15, 0.2) is 0 Å². The summed E-state index contributed by atoms with van der Waals surface area (Å²) in [4.78, 5) is 28.6. The van der Waals surface area contributed by atoms with Gasteiger partial charge in [0, 0.05) is 31.9 Å². The van der Waals surface area contributed by atoms with Crippen LogP contribution in [0.5, 0.6) is 0 Å². The summed E-state index contributed by atoms with van der Waals surface area (Å²) in [5, 5.41) is 0.910. The van der Waals surface area contributed by atoms with Gasteiger partial charge in [0.2, 0.25) is 0 Å². The Bertz CT molecular complexity index is 967. The van der Waals surface area contributed by atoms with Crippen molar-refractivity contribution in [1.29, 1.82) is 0 Å². The highest BCUT2D eigenvalue weighted by atomic mass is 16.2. The molecule has 0 atom stereocenters. The Morgan fingerprint density at radius 3 is 2.57 bits per heavy atom. The number of hydrogen-bond acceptors (Lipinski definition) is 3. The molecule has 2 aromatic heterocycles. The standard InChI is InChI=1S/C16H15N3O2/c1-10-6-7-11(12-5-4-8-17-14(10)12)13-9-18(2)16(21)19(3)15(13)20/h4-9H,1-3H3. The normalized spacial score (nSPS) is 11.0. The average molecular weight is 281 g/mol. The summed E-state index contributed by atoms with van der Waals surface area (Å²) in [7, 11) is 3.13. The van der Waals surface area contributed by atoms with Crippen molar-refractivity contribution in [2.75, 3.05) is 0 Å². The lowest BCUT2D eigenvalue weighted by atomic mass is 10.00. The van der Waals surface area contributed by atoms with Gasteiger partial charge < -0.3 is 4.57 Å². The van der Waals surface area contributed by atoms with Gasteiger partial charge in [0.1, 0.15) is 0 Å². The van der Waals surface area contributed by atoms with E-state index in [2.05, 4.69) is 4.98 Å². The molecule has 0 N–H and O–H groups in total. The van der Waals surface area contributed by atoms with Crippen LogP contribution in [0.4, 0.5) is 0 Å². The quantitative estimate of drug-likeness (QED) is 0.681. The first-order chi connectivity index (χ1) is 10.0. The van der Waals surface area contributed by atoms with Gasteiger partial charge in [-0.2, -0.15) is 0 Å². The molecule has 5 heteroatoms. The van der Waals surface area contributed by atoms with Gasteiger partial charge in [0.25, 0.3) is 5.56 Å². The van der Waals surface area contributed by atoms with Crippen LogP contribution in [0.25, 0.3) is 22.0 Å². The number of nitrogens with zero attached hydrogens (tertiary/aromatic N) is 3. The first-order valence-corrected chi connectivity index (χ1v) is 6.62. The summed E-state index contributed by atoms with van der Waals surface area (Å²) in [6.07, 6.45) is 3.32. The Hall–Kier alpha value is -2.69. The highest BCUT2D eigenvalue weighted by Gasteiger charge is 2.13. The average Bonchev–Trinajstić information content (AvgIpc) is 2.50. The van der Waals surface area contributed by atoms with Crippen molar-refractivity contribution in [3.63, 3.8) is 0 Å². The van der Waals surface area contributed by atoms with Gasteiger partial charge in [-0.25, -0.2) is 4.79 Å². The lowest BCUT2D eigenvalue weighted by molar-refractivity contribution is 0.689. The molecule has 2 heterocycles. The van der Waals surface area contributed by atoms with Crippen molar-refractivity contribution >= 4 is 10.9 Å². The fourth-order valence-electron chi connectivity index (χ4n) is 2.54. The molecule has 1 aromatic carbocycles. The molecular weight excluding hydrogens is 266 g/mol. The number of hydrogen-bond donors (Lipinski definition) is 0. The van der Waals surface area contributed by atoms with E-state index in [1.165, 1.54) is 11.6 Å². The van der Waals surface area contributed by atoms with E-state index >= 15 is 0 Å². The van der Waals surface area contributed by atoms with Gasteiger partial charge in [-0.3, -0.25) is 14.3 Å². The van der Waals surface area contributed by atoms with Crippen molar-refractivity contribution in [1.82, 2.24) is 14.1 Å². The van der Waals surface area contributed by atoms with Crippen LogP contribution in [0.2, 0.25) is 0 Å². The smallest absolute Gasteiger partial charge is 0.303 e. The van der Waals surface area contributed by atoms with E-state index in [1.807, 2.05) is 31.2 Å². The van der Waals surface area contributed by atoms with Gasteiger partial charge in [0.05, 0.1) is 11.1 Å². The minimum Gasteiger partial charge on any atom is -0.303 e. The minimum absolute atomic E-state index is 0.299. The Morgan fingerprint density at radius 2 is 1.81 bits per heavy atom. The number of aromatic nitrogens is 3. The highest BCUT2D eigenvalue weighted by Crippen LogP contribution is 2.27. The number of aryl methyl sites for hydroxylation is 2. The SMILES string of the molecule is Cc1ccc(-c2cn(C)c(=O)n(C)c2=O)c2cccnc12. The number of pyridine rings is 1. The molecule has 5 nitrogen and oxygen atoms in total. The molecule has 0 aliphatic heterocycles. The molecule has 0 saturated carbocycles. The van der Waals surface area contributed by atoms with Crippen LogP contribution < -0.4 is 11.2 Å². The minimum atomic E-state index is -0.335. The molecule has 0 spiro atoms. The second-order valence-electron chi connectivity index (χ2n) is 5.13. The fourth-order valence-corrected chi connectivity index (χ4v) is 2.54. The molecule has 0 amide bonds. The summed E-state index contributed by atoms with van der Waals surface area (Å²) in [6, 6.07) is 7.63. The zero-order valence-electron chi connectivity index (χ0n) is 12.1. The molecule has 0 radical (unpaired) electrons. The van der Waals surface area contributed by atoms with Gasteiger partial charge >= 0.3 is 5.69 Å². The van der Waals surface area contributed by atoms with Gasteiger partial charge in [-0.05, 0) is 24.1 Å². The van der Waals surface area contributed by atoms with Crippen LogP contribution in [0.15, 0.2) is 46.2 Å². The second kappa shape index (κ2) is 4.70. The molecule has 0 bridgehead atoms. The van der Waals surface area contributed by atoms with E-state index in [9.17, 15) is 9.59 Å². The predicted molar refractivity (Wildman–Crippen MR) is 82.4 cm³/mol. The van der Waals surface area contributed by atoms with E-state index in [1.54, 1.807) is 19.4 Å². The zero-order chi connectivity index (χ0) is 15.1. The highest BCUT2D eigenvalue weighted by molar-refractivity contribution is 5.95. The summed E-state index contributed by atoms with van der Waals surface area (Å²) < 4.78 is 2.54. The van der Waals surface area contributed by atoms with Crippen molar-refractivity contribution in [3.05, 3.63) is 63.1 Å². The Morgan fingerprint density at radius 1 is 1.05 bits per heavy atom. The molecule has 21 heavy (non-hydrogen) atoms. The first-order valence-electron chi connectivity index (χ1n) is 6.62. The van der Waals surface area contributed by atoms with E-state index in [0.29, 0.717) is 5.56 Å². The monoisotopic (exact) mass is 281 g/mol. The molecule has 106 valence electrons. The molecule has 0 aliphatic carbocycles. The van der Waals surface area contributed by atoms with Gasteiger partial charge in [-0.15, -0.1) is 0 Å². The number of rotatable bonds is 1. The molecular formula is C16H15N3O2. The lowest BCUT2D eigenvalue weighted by Crippen LogP contribution is -2.37. The van der Waals surface area contributed by atoms with Crippen molar-refractivity contribution in [2.45, 2.75) is 6.92 Å². The molecule has 0 aliphatic rings. The third-order valence-corrected chi connectivity index (χ3v) is 3.71. The van der Waals surface area contributed by atoms with Crippen LogP contribution in [0, 0.1) is 6.92 Å². The fraction of sp³-hybridized carbons (Fsp3) is 0.188. The third-order valence-electron chi connectivity index (χ3n) is 3.71. The van der Waals surface area contributed by atoms with E-state index in [4.69, 9.17) is 0 Å². The van der Waals surface area contributed by atoms with Crippen molar-refractivity contribution in [2.24, 2.45) is 14.1 Å². The van der Waals surface area contributed by atoms with Crippen LogP contribution in [-0.4, -0.2) is 14.1 Å². The van der Waals surface area contributed by atoms with Crippen molar-refractivity contribution < 1.29 is 0 Å². The van der Waals surface area contributed by atoms with Crippen LogP contribution >= 0.6 is 0 Å². The molecule has 0 saturated heterocycles. The predicted octanol–water partition coefficient (Wildman–Crippen LogP) is 1.61. The number of benzene rings is 1. The summed E-state index contributed by atoms with van der Waals surface area (Å²) in [6.45, 7) is 1.98. The Labute approximate surface area is 121 Å². The summed E-state index contributed by atoms with van der Waals surface area (Å²) >= 11 is 0. The molecule has 3 rings (SSSR count). The Kier molecular flexibility index (Phi) is 2.97. The van der Waals surface area contributed by atoms with E-state index in [0.717, 1.165) is 26.6 Å². The molecule has 0 fully saturated rings. The van der Waals surface area contributed by atoms with Gasteiger partial charge in [-0.1, -0.05) is 18.2 Å². The lowest BCUT2D eigenvalue weighted by Gasteiger charge is -2.10. The van der Waals surface area contributed by atoms with E-state index < -0.39 is 0 Å². The third kappa shape index (κ3) is 1.98. The maximum Gasteiger partial charge on any atom is 0.330 e. The first kappa shape index (κ1) is 13.3. The van der Waals surface area contributed by atoms with E-state index in [-0.39, 0.29) is 11.2 Å². The maximum atomic E-state index is 12.4. The largest absolute Gasteiger partial charge is 0.330 e. The Balaban J connectivity index is 2.45. The van der Waals surface area contributed by atoms with Crippen LogP contribution in [-0.2, 0) is 14.1 Å². The van der Waals surface area contributed by atoms with Crippen LogP contribution in [0.3, 0.4) is 0 Å². The topological polar surface area (TPSA) is 56.9 Å². The molecule has 0 unspecified atom stereocenters. The maximum absolute atomic E-state index is 12.4. The second-order valence-corrected chi connectivity index (χ2v) is 5.13. The number of fused-ring (bicyclic) bond motifs is 1. The molecule has 3 aromatic rings.